The number of carbonyl (C=O) groups is 1. The average molecular weight is 182 g/mol. The van der Waals surface area contributed by atoms with Crippen LogP contribution < -0.4 is 10.6 Å². The maximum absolute atomic E-state index is 11.6. The molecular weight excluding hydrogens is 164 g/mol. The third kappa shape index (κ3) is 2.69. The van der Waals surface area contributed by atoms with Crippen LogP contribution in [0.4, 0.5) is 0 Å². The van der Waals surface area contributed by atoms with E-state index in [9.17, 15) is 4.79 Å². The van der Waals surface area contributed by atoms with Gasteiger partial charge in [-0.25, -0.2) is 0 Å². The molecule has 2 aliphatic rings. The molecule has 1 aliphatic carbocycles. The van der Waals surface area contributed by atoms with Gasteiger partial charge in [0, 0.05) is 6.54 Å². The van der Waals surface area contributed by atoms with Crippen LogP contribution in [-0.4, -0.2) is 25.0 Å². The van der Waals surface area contributed by atoms with Crippen LogP contribution >= 0.6 is 0 Å². The number of piperidine rings is 1. The van der Waals surface area contributed by atoms with Crippen LogP contribution in [0.15, 0.2) is 0 Å². The lowest BCUT2D eigenvalue weighted by molar-refractivity contribution is -0.123. The van der Waals surface area contributed by atoms with Gasteiger partial charge in [0.05, 0.1) is 6.04 Å². The van der Waals surface area contributed by atoms with Gasteiger partial charge in [0.15, 0.2) is 0 Å². The van der Waals surface area contributed by atoms with E-state index in [4.69, 9.17) is 0 Å². The summed E-state index contributed by atoms with van der Waals surface area (Å²) in [4.78, 5) is 11.6. The Labute approximate surface area is 79.3 Å². The van der Waals surface area contributed by atoms with Crippen LogP contribution in [0.1, 0.15) is 32.1 Å². The SMILES string of the molecule is O=C(NCC1CC1)C1CCCCN1. The zero-order valence-electron chi connectivity index (χ0n) is 8.01. The number of hydrogen-bond donors (Lipinski definition) is 2. The van der Waals surface area contributed by atoms with Gasteiger partial charge < -0.3 is 10.6 Å². The number of rotatable bonds is 3. The average Bonchev–Trinajstić information content (AvgIpc) is 2.99. The molecular formula is C10H18N2O. The Balaban J connectivity index is 1.67. The molecule has 3 nitrogen and oxygen atoms in total. The zero-order chi connectivity index (χ0) is 9.10. The molecule has 13 heavy (non-hydrogen) atoms. The molecule has 1 saturated heterocycles. The molecule has 1 heterocycles. The van der Waals surface area contributed by atoms with Crippen molar-refractivity contribution < 1.29 is 4.79 Å². The maximum atomic E-state index is 11.6. The van der Waals surface area contributed by atoms with E-state index in [-0.39, 0.29) is 11.9 Å². The van der Waals surface area contributed by atoms with Gasteiger partial charge in [0.1, 0.15) is 0 Å². The summed E-state index contributed by atoms with van der Waals surface area (Å²) in [6, 6.07) is 0.0903. The van der Waals surface area contributed by atoms with Crippen LogP contribution in [0, 0.1) is 5.92 Å². The second-order valence-corrected chi connectivity index (χ2v) is 4.19. The third-order valence-electron chi connectivity index (χ3n) is 2.89. The van der Waals surface area contributed by atoms with Gasteiger partial charge in [-0.1, -0.05) is 6.42 Å². The Bertz CT molecular complexity index is 183. The standard InChI is InChI=1S/C10H18N2O/c13-10(12-7-8-4-5-8)9-3-1-2-6-11-9/h8-9,11H,1-7H2,(H,12,13). The van der Waals surface area contributed by atoms with E-state index in [1.54, 1.807) is 0 Å². The molecule has 74 valence electrons. The highest BCUT2D eigenvalue weighted by Gasteiger charge is 2.24. The molecule has 2 fully saturated rings. The molecule has 0 aromatic heterocycles. The fraction of sp³-hybridized carbons (Fsp3) is 0.900. The number of hydrogen-bond acceptors (Lipinski definition) is 2. The molecule has 1 unspecified atom stereocenters. The highest BCUT2D eigenvalue weighted by atomic mass is 16.2. The second-order valence-electron chi connectivity index (χ2n) is 4.19. The first-order valence-corrected chi connectivity index (χ1v) is 5.37. The smallest absolute Gasteiger partial charge is 0.237 e. The van der Waals surface area contributed by atoms with Gasteiger partial charge in [-0.15, -0.1) is 0 Å². The monoisotopic (exact) mass is 182 g/mol. The molecule has 2 rings (SSSR count). The van der Waals surface area contributed by atoms with Crippen molar-refractivity contribution in [2.24, 2.45) is 5.92 Å². The molecule has 0 aromatic carbocycles. The van der Waals surface area contributed by atoms with Gasteiger partial charge in [-0.05, 0) is 38.1 Å². The van der Waals surface area contributed by atoms with Crippen LogP contribution in [0.25, 0.3) is 0 Å². The molecule has 0 spiro atoms. The molecule has 2 N–H and O–H groups in total. The summed E-state index contributed by atoms with van der Waals surface area (Å²) in [5.41, 5.74) is 0. The maximum Gasteiger partial charge on any atom is 0.237 e. The number of amides is 1. The minimum absolute atomic E-state index is 0.0903. The largest absolute Gasteiger partial charge is 0.354 e. The highest BCUT2D eigenvalue weighted by Crippen LogP contribution is 2.27. The normalized spacial score (nSPS) is 28.5. The first-order valence-electron chi connectivity index (χ1n) is 5.37. The minimum atomic E-state index is 0.0903. The Morgan fingerprint density at radius 1 is 1.31 bits per heavy atom. The van der Waals surface area contributed by atoms with Crippen LogP contribution in [0.5, 0.6) is 0 Å². The van der Waals surface area contributed by atoms with Crippen molar-refractivity contribution in [1.82, 2.24) is 10.6 Å². The Hall–Kier alpha value is -0.570. The Morgan fingerprint density at radius 3 is 2.77 bits per heavy atom. The topological polar surface area (TPSA) is 41.1 Å². The fourth-order valence-electron chi connectivity index (χ4n) is 1.77. The predicted octanol–water partition coefficient (Wildman–Crippen LogP) is 0.655. The summed E-state index contributed by atoms with van der Waals surface area (Å²) in [5.74, 6) is 0.999. The Kier molecular flexibility index (Phi) is 2.83. The van der Waals surface area contributed by atoms with Gasteiger partial charge in [-0.2, -0.15) is 0 Å². The van der Waals surface area contributed by atoms with Crippen LogP contribution in [0.2, 0.25) is 0 Å². The Morgan fingerprint density at radius 2 is 2.15 bits per heavy atom. The van der Waals surface area contributed by atoms with E-state index >= 15 is 0 Å². The molecule has 1 amide bonds. The zero-order valence-corrected chi connectivity index (χ0v) is 8.01. The molecule has 0 aromatic rings. The van der Waals surface area contributed by atoms with Crippen molar-refractivity contribution in [2.45, 2.75) is 38.1 Å². The number of nitrogens with one attached hydrogen (secondary N) is 2. The lowest BCUT2D eigenvalue weighted by atomic mass is 10.0. The summed E-state index contributed by atoms with van der Waals surface area (Å²) >= 11 is 0. The molecule has 3 heteroatoms. The van der Waals surface area contributed by atoms with E-state index < -0.39 is 0 Å². The third-order valence-corrected chi connectivity index (χ3v) is 2.89. The van der Waals surface area contributed by atoms with Crippen LogP contribution in [-0.2, 0) is 4.79 Å². The first-order chi connectivity index (χ1) is 6.36. The predicted molar refractivity (Wildman–Crippen MR) is 51.4 cm³/mol. The van der Waals surface area contributed by atoms with Crippen molar-refractivity contribution in [3.05, 3.63) is 0 Å². The van der Waals surface area contributed by atoms with E-state index in [2.05, 4.69) is 10.6 Å². The van der Waals surface area contributed by atoms with Gasteiger partial charge in [0.25, 0.3) is 0 Å². The number of carbonyl (C=O) groups excluding carboxylic acids is 1. The molecule has 1 aliphatic heterocycles. The van der Waals surface area contributed by atoms with E-state index in [1.807, 2.05) is 0 Å². The summed E-state index contributed by atoms with van der Waals surface area (Å²) in [6.45, 7) is 1.90. The van der Waals surface area contributed by atoms with Crippen molar-refractivity contribution >= 4 is 5.91 Å². The van der Waals surface area contributed by atoms with Crippen molar-refractivity contribution in [3.63, 3.8) is 0 Å². The van der Waals surface area contributed by atoms with Crippen LogP contribution in [0.3, 0.4) is 0 Å². The summed E-state index contributed by atoms with van der Waals surface area (Å²) in [5, 5.41) is 6.26. The van der Waals surface area contributed by atoms with E-state index in [0.29, 0.717) is 0 Å². The van der Waals surface area contributed by atoms with Crippen molar-refractivity contribution in [2.75, 3.05) is 13.1 Å². The molecule has 1 saturated carbocycles. The second kappa shape index (κ2) is 4.09. The van der Waals surface area contributed by atoms with Crippen molar-refractivity contribution in [3.8, 4) is 0 Å². The van der Waals surface area contributed by atoms with Gasteiger partial charge in [0.2, 0.25) is 5.91 Å². The highest BCUT2D eigenvalue weighted by molar-refractivity contribution is 5.81. The van der Waals surface area contributed by atoms with Crippen molar-refractivity contribution in [1.29, 1.82) is 0 Å². The molecule has 0 radical (unpaired) electrons. The molecule has 1 atom stereocenters. The first kappa shape index (κ1) is 9.00. The van der Waals surface area contributed by atoms with Gasteiger partial charge >= 0.3 is 0 Å². The fourth-order valence-corrected chi connectivity index (χ4v) is 1.77. The summed E-state index contributed by atoms with van der Waals surface area (Å²) in [6.07, 6.45) is 6.02. The summed E-state index contributed by atoms with van der Waals surface area (Å²) in [7, 11) is 0. The summed E-state index contributed by atoms with van der Waals surface area (Å²) < 4.78 is 0. The van der Waals surface area contributed by atoms with E-state index in [0.717, 1.165) is 25.4 Å². The van der Waals surface area contributed by atoms with E-state index in [1.165, 1.54) is 25.7 Å². The lowest BCUT2D eigenvalue weighted by Gasteiger charge is -2.22. The van der Waals surface area contributed by atoms with Gasteiger partial charge in [-0.3, -0.25) is 4.79 Å². The quantitative estimate of drug-likeness (QED) is 0.673. The molecule has 0 bridgehead atoms. The minimum Gasteiger partial charge on any atom is -0.354 e. The lowest BCUT2D eigenvalue weighted by Crippen LogP contribution is -2.47.